The number of nitriles is 1. The summed E-state index contributed by atoms with van der Waals surface area (Å²) in [6.45, 7) is 1.03. The summed E-state index contributed by atoms with van der Waals surface area (Å²) < 4.78 is 5.92. The molecule has 8 heteroatoms. The number of nitrogens with one attached hydrogen (secondary N) is 1. The largest absolute Gasteiger partial charge is 0.493 e. The van der Waals surface area contributed by atoms with E-state index in [0.717, 1.165) is 16.6 Å². The van der Waals surface area contributed by atoms with Gasteiger partial charge < -0.3 is 19.6 Å². The van der Waals surface area contributed by atoms with Crippen LogP contribution in [-0.4, -0.2) is 46.0 Å². The van der Waals surface area contributed by atoms with E-state index in [4.69, 9.17) is 9.92 Å². The van der Waals surface area contributed by atoms with Gasteiger partial charge in [-0.15, -0.1) is 0 Å². The molecule has 0 radical (unpaired) electrons. The van der Waals surface area contributed by atoms with Crippen molar-refractivity contribution in [2.45, 2.75) is 24.9 Å². The lowest BCUT2D eigenvalue weighted by Crippen LogP contribution is -2.45. The number of amides is 1. The predicted molar refractivity (Wildman–Crippen MR) is 82.5 cm³/mol. The van der Waals surface area contributed by atoms with Gasteiger partial charge in [-0.2, -0.15) is 5.26 Å². The highest BCUT2D eigenvalue weighted by Gasteiger charge is 2.50. The van der Waals surface area contributed by atoms with Gasteiger partial charge in [0.25, 0.3) is 0 Å². The summed E-state index contributed by atoms with van der Waals surface area (Å²) in [6.07, 6.45) is 4.57. The van der Waals surface area contributed by atoms with Gasteiger partial charge in [0.15, 0.2) is 0 Å². The molecule has 7 nitrogen and oxygen atoms in total. The Kier molecular flexibility index (Phi) is 3.15. The van der Waals surface area contributed by atoms with Gasteiger partial charge >= 0.3 is 7.12 Å². The highest BCUT2D eigenvalue weighted by Crippen LogP contribution is 2.42. The summed E-state index contributed by atoms with van der Waals surface area (Å²) in [5, 5.41) is 19.9. The molecule has 2 aliphatic rings. The third-order valence-corrected chi connectivity index (χ3v) is 4.83. The molecule has 0 aromatic carbocycles. The Hall–Kier alpha value is -2.37. The zero-order chi connectivity index (χ0) is 16.0. The number of aromatic amines is 1. The smallest absolute Gasteiger partial charge is 0.423 e. The van der Waals surface area contributed by atoms with Crippen molar-refractivity contribution in [3.05, 3.63) is 24.0 Å². The molecule has 2 N–H and O–H groups in total. The standard InChI is InChI=1S/C15H15BN4O3/c17-5-1-12(21)20-7-3-15(4-8-20)13-10-2-6-18-14(10)19-9-11(13)16(22)23-15/h2,6,9,22H,1,3-4,7-8H2,(H,18,19). The minimum absolute atomic E-state index is 0.0982. The van der Waals surface area contributed by atoms with Crippen LogP contribution in [0.5, 0.6) is 0 Å². The van der Waals surface area contributed by atoms with Gasteiger partial charge in [0.1, 0.15) is 12.1 Å². The van der Waals surface area contributed by atoms with E-state index < -0.39 is 12.7 Å². The number of nitrogens with zero attached hydrogens (tertiary/aromatic N) is 3. The molecular formula is C15H15BN4O3. The van der Waals surface area contributed by atoms with Gasteiger partial charge in [-0.1, -0.05) is 0 Å². The molecule has 23 heavy (non-hydrogen) atoms. The van der Waals surface area contributed by atoms with Gasteiger partial charge in [0.2, 0.25) is 5.91 Å². The number of carbonyl (C=O) groups excluding carboxylic acids is 1. The van der Waals surface area contributed by atoms with E-state index in [1.54, 1.807) is 11.1 Å². The Balaban J connectivity index is 1.69. The van der Waals surface area contributed by atoms with Gasteiger partial charge in [0.05, 0.1) is 11.7 Å². The van der Waals surface area contributed by atoms with E-state index in [9.17, 15) is 9.82 Å². The van der Waals surface area contributed by atoms with Gasteiger partial charge in [-0.05, 0) is 24.5 Å². The molecule has 0 aliphatic carbocycles. The van der Waals surface area contributed by atoms with Crippen molar-refractivity contribution in [1.29, 1.82) is 5.26 Å². The van der Waals surface area contributed by atoms with E-state index in [1.807, 2.05) is 18.3 Å². The van der Waals surface area contributed by atoms with Crippen molar-refractivity contribution < 1.29 is 14.5 Å². The van der Waals surface area contributed by atoms with Crippen LogP contribution in [-0.2, 0) is 15.0 Å². The predicted octanol–water partition coefficient (Wildman–Crippen LogP) is 0.0120. The lowest BCUT2D eigenvalue weighted by atomic mass is 9.76. The number of H-pyrrole nitrogens is 1. The molecule has 116 valence electrons. The third kappa shape index (κ3) is 2.05. The SMILES string of the molecule is N#CCC(=O)N1CCC2(CC1)OB(O)c1cnc3[nH]ccc3c12. The maximum Gasteiger partial charge on any atom is 0.493 e. The maximum atomic E-state index is 11.9. The van der Waals surface area contributed by atoms with E-state index in [-0.39, 0.29) is 12.3 Å². The van der Waals surface area contributed by atoms with Crippen molar-refractivity contribution in [2.75, 3.05) is 13.1 Å². The highest BCUT2D eigenvalue weighted by molar-refractivity contribution is 6.62. The molecule has 1 spiro atoms. The topological polar surface area (TPSA) is 102 Å². The van der Waals surface area contributed by atoms with Crippen LogP contribution in [0.3, 0.4) is 0 Å². The minimum atomic E-state index is -0.988. The summed E-state index contributed by atoms with van der Waals surface area (Å²) >= 11 is 0. The Bertz CT molecular complexity index is 820. The van der Waals surface area contributed by atoms with Crippen LogP contribution in [0.15, 0.2) is 18.5 Å². The number of hydrogen-bond donors (Lipinski definition) is 2. The zero-order valence-corrected chi connectivity index (χ0v) is 12.5. The van der Waals surface area contributed by atoms with Crippen molar-refractivity contribution in [3.63, 3.8) is 0 Å². The number of aromatic nitrogens is 2. The lowest BCUT2D eigenvalue weighted by Gasteiger charge is -2.40. The number of fused-ring (bicyclic) bond motifs is 4. The molecule has 0 atom stereocenters. The first-order valence-corrected chi connectivity index (χ1v) is 7.62. The number of piperidine rings is 1. The average molecular weight is 310 g/mol. The van der Waals surface area contributed by atoms with Crippen molar-refractivity contribution >= 4 is 29.5 Å². The molecule has 4 heterocycles. The second-order valence-electron chi connectivity index (χ2n) is 6.01. The van der Waals surface area contributed by atoms with Crippen LogP contribution in [0.4, 0.5) is 0 Å². The minimum Gasteiger partial charge on any atom is -0.423 e. The molecule has 4 rings (SSSR count). The molecule has 1 fully saturated rings. The molecule has 2 aromatic rings. The van der Waals surface area contributed by atoms with E-state index in [2.05, 4.69) is 9.97 Å². The average Bonchev–Trinajstić information content (AvgIpc) is 3.12. The molecule has 2 aliphatic heterocycles. The molecule has 0 bridgehead atoms. The number of pyridine rings is 1. The summed E-state index contributed by atoms with van der Waals surface area (Å²) in [4.78, 5) is 21.0. The first kappa shape index (κ1) is 14.2. The third-order valence-electron chi connectivity index (χ3n) is 4.83. The number of carbonyl (C=O) groups is 1. The van der Waals surface area contributed by atoms with Crippen molar-refractivity contribution in [2.24, 2.45) is 0 Å². The van der Waals surface area contributed by atoms with Crippen LogP contribution in [0.25, 0.3) is 11.0 Å². The summed E-state index contributed by atoms with van der Waals surface area (Å²) in [5.74, 6) is -0.150. The summed E-state index contributed by atoms with van der Waals surface area (Å²) in [5.41, 5.74) is 1.85. The zero-order valence-electron chi connectivity index (χ0n) is 12.5. The lowest BCUT2D eigenvalue weighted by molar-refractivity contribution is -0.133. The van der Waals surface area contributed by atoms with Crippen molar-refractivity contribution in [1.82, 2.24) is 14.9 Å². The summed E-state index contributed by atoms with van der Waals surface area (Å²) in [7, 11) is -0.988. The van der Waals surface area contributed by atoms with E-state index in [0.29, 0.717) is 31.4 Å². The first-order valence-electron chi connectivity index (χ1n) is 7.62. The normalized spacial score (nSPS) is 19.1. The number of rotatable bonds is 1. The molecule has 0 saturated carbocycles. The molecule has 1 amide bonds. The van der Waals surface area contributed by atoms with Crippen LogP contribution < -0.4 is 5.46 Å². The quantitative estimate of drug-likeness (QED) is 0.723. The van der Waals surface area contributed by atoms with Gasteiger partial charge in [0, 0.05) is 36.3 Å². The van der Waals surface area contributed by atoms with Crippen molar-refractivity contribution in [3.8, 4) is 6.07 Å². The molecule has 2 aromatic heterocycles. The monoisotopic (exact) mass is 310 g/mol. The molecule has 0 unspecified atom stereocenters. The van der Waals surface area contributed by atoms with E-state index in [1.165, 1.54) is 0 Å². The highest BCUT2D eigenvalue weighted by atomic mass is 16.5. The Morgan fingerprint density at radius 1 is 1.57 bits per heavy atom. The molecular weight excluding hydrogens is 295 g/mol. The second kappa shape index (κ2) is 5.08. The number of hydrogen-bond acceptors (Lipinski definition) is 5. The Morgan fingerprint density at radius 2 is 2.35 bits per heavy atom. The second-order valence-corrected chi connectivity index (χ2v) is 6.01. The van der Waals surface area contributed by atoms with Crippen LogP contribution in [0.2, 0.25) is 0 Å². The fraction of sp³-hybridized carbons (Fsp3) is 0.400. The molecule has 1 saturated heterocycles. The van der Waals surface area contributed by atoms with Crippen LogP contribution >= 0.6 is 0 Å². The van der Waals surface area contributed by atoms with Crippen LogP contribution in [0.1, 0.15) is 24.8 Å². The van der Waals surface area contributed by atoms with E-state index >= 15 is 0 Å². The van der Waals surface area contributed by atoms with Crippen LogP contribution in [0, 0.1) is 11.3 Å². The van der Waals surface area contributed by atoms with Gasteiger partial charge in [-0.3, -0.25) is 4.79 Å². The number of likely N-dealkylation sites (tertiary alicyclic amines) is 1. The fourth-order valence-electron chi connectivity index (χ4n) is 3.72. The summed E-state index contributed by atoms with van der Waals surface area (Å²) in [6, 6.07) is 3.84. The fourth-order valence-corrected chi connectivity index (χ4v) is 3.72. The Morgan fingerprint density at radius 3 is 3.09 bits per heavy atom. The first-order chi connectivity index (χ1) is 11.1. The van der Waals surface area contributed by atoms with Gasteiger partial charge in [-0.25, -0.2) is 4.98 Å². The maximum absolute atomic E-state index is 11.9. The Labute approximate surface area is 133 Å².